The lowest BCUT2D eigenvalue weighted by atomic mass is 10.0. The summed E-state index contributed by atoms with van der Waals surface area (Å²) in [6.45, 7) is 7.03. The van der Waals surface area contributed by atoms with Crippen LogP contribution in [0.3, 0.4) is 0 Å². The largest absolute Gasteiger partial charge is 0.385 e. The van der Waals surface area contributed by atoms with Crippen LogP contribution in [0.5, 0.6) is 0 Å². The Morgan fingerprint density at radius 2 is 2.40 bits per heavy atom. The van der Waals surface area contributed by atoms with E-state index in [0.717, 1.165) is 45.0 Å². The van der Waals surface area contributed by atoms with Gasteiger partial charge < -0.3 is 15.0 Å². The van der Waals surface area contributed by atoms with Gasteiger partial charge in [-0.3, -0.25) is 4.98 Å². The molecule has 0 spiro atoms. The molecule has 1 unspecified atom stereocenters. The standard InChI is InChI=1S/C16H27N3O/c1-3-7-17-15-6-8-18-16(10-15)12-19(2)11-14-5-4-9-20-13-14/h6,8,10,14H,3-5,7,9,11-13H2,1-2H3,(H,17,18). The normalized spacial score (nSPS) is 19.2. The Hall–Kier alpha value is -1.13. The highest BCUT2D eigenvalue weighted by atomic mass is 16.5. The molecule has 1 aliphatic heterocycles. The van der Waals surface area contributed by atoms with Crippen LogP contribution >= 0.6 is 0 Å². The zero-order chi connectivity index (χ0) is 14.2. The van der Waals surface area contributed by atoms with Crippen molar-refractivity contribution >= 4 is 5.69 Å². The van der Waals surface area contributed by atoms with E-state index in [1.165, 1.54) is 18.5 Å². The van der Waals surface area contributed by atoms with Crippen molar-refractivity contribution in [2.45, 2.75) is 32.7 Å². The molecule has 1 aromatic rings. The number of aromatic nitrogens is 1. The van der Waals surface area contributed by atoms with Gasteiger partial charge in [0.2, 0.25) is 0 Å². The number of ether oxygens (including phenoxy) is 1. The molecule has 2 rings (SSSR count). The van der Waals surface area contributed by atoms with Crippen LogP contribution < -0.4 is 5.32 Å². The molecule has 1 atom stereocenters. The molecule has 0 bridgehead atoms. The van der Waals surface area contributed by atoms with Gasteiger partial charge in [0.15, 0.2) is 0 Å². The van der Waals surface area contributed by atoms with Gasteiger partial charge in [-0.1, -0.05) is 6.92 Å². The van der Waals surface area contributed by atoms with Crippen molar-refractivity contribution in [3.63, 3.8) is 0 Å². The van der Waals surface area contributed by atoms with E-state index in [9.17, 15) is 0 Å². The van der Waals surface area contributed by atoms with Crippen LogP contribution in [0.4, 0.5) is 5.69 Å². The third-order valence-corrected chi connectivity index (χ3v) is 3.65. The average Bonchev–Trinajstić information content (AvgIpc) is 2.46. The van der Waals surface area contributed by atoms with Gasteiger partial charge in [-0.2, -0.15) is 0 Å². The average molecular weight is 277 g/mol. The molecular weight excluding hydrogens is 250 g/mol. The van der Waals surface area contributed by atoms with Gasteiger partial charge in [-0.05, 0) is 44.4 Å². The summed E-state index contributed by atoms with van der Waals surface area (Å²) in [5.74, 6) is 0.676. The van der Waals surface area contributed by atoms with Gasteiger partial charge in [-0.25, -0.2) is 0 Å². The molecule has 20 heavy (non-hydrogen) atoms. The maximum Gasteiger partial charge on any atom is 0.0564 e. The third-order valence-electron chi connectivity index (χ3n) is 3.65. The lowest BCUT2D eigenvalue weighted by molar-refractivity contribution is 0.0410. The summed E-state index contributed by atoms with van der Waals surface area (Å²) in [6, 6.07) is 4.19. The van der Waals surface area contributed by atoms with E-state index in [1.807, 2.05) is 12.3 Å². The Bertz CT molecular complexity index is 391. The van der Waals surface area contributed by atoms with Crippen molar-refractivity contribution in [1.29, 1.82) is 0 Å². The molecule has 1 saturated heterocycles. The van der Waals surface area contributed by atoms with Crippen LogP contribution in [-0.4, -0.2) is 43.2 Å². The molecular formula is C16H27N3O. The minimum absolute atomic E-state index is 0.676. The van der Waals surface area contributed by atoms with Gasteiger partial charge in [0.25, 0.3) is 0 Å². The molecule has 2 heterocycles. The molecule has 4 nitrogen and oxygen atoms in total. The van der Waals surface area contributed by atoms with Crippen molar-refractivity contribution in [1.82, 2.24) is 9.88 Å². The molecule has 112 valence electrons. The van der Waals surface area contributed by atoms with Crippen molar-refractivity contribution in [2.75, 3.05) is 38.7 Å². The SMILES string of the molecule is CCCNc1ccnc(CN(C)CC2CCCOC2)c1. The highest BCUT2D eigenvalue weighted by Crippen LogP contribution is 2.16. The third kappa shape index (κ3) is 5.10. The Morgan fingerprint density at radius 3 is 3.15 bits per heavy atom. The van der Waals surface area contributed by atoms with Crippen molar-refractivity contribution < 1.29 is 4.74 Å². The molecule has 1 fully saturated rings. The lowest BCUT2D eigenvalue weighted by Crippen LogP contribution is -2.30. The van der Waals surface area contributed by atoms with Crippen molar-refractivity contribution in [3.05, 3.63) is 24.0 Å². The van der Waals surface area contributed by atoms with Crippen molar-refractivity contribution in [3.8, 4) is 0 Å². The number of nitrogens with one attached hydrogen (secondary N) is 1. The number of hydrogen-bond donors (Lipinski definition) is 1. The number of nitrogens with zero attached hydrogens (tertiary/aromatic N) is 2. The summed E-state index contributed by atoms with van der Waals surface area (Å²) >= 11 is 0. The van der Waals surface area contributed by atoms with E-state index in [0.29, 0.717) is 5.92 Å². The first-order chi connectivity index (χ1) is 9.78. The fourth-order valence-corrected chi connectivity index (χ4v) is 2.68. The van der Waals surface area contributed by atoms with Gasteiger partial charge >= 0.3 is 0 Å². The first-order valence-corrected chi connectivity index (χ1v) is 7.73. The fraction of sp³-hybridized carbons (Fsp3) is 0.688. The first-order valence-electron chi connectivity index (χ1n) is 7.73. The van der Waals surface area contributed by atoms with Gasteiger partial charge in [-0.15, -0.1) is 0 Å². The Balaban J connectivity index is 1.81. The zero-order valence-corrected chi connectivity index (χ0v) is 12.8. The molecule has 1 N–H and O–H groups in total. The molecule has 0 aliphatic carbocycles. The Morgan fingerprint density at radius 1 is 1.50 bits per heavy atom. The van der Waals surface area contributed by atoms with Crippen LogP contribution in [0, 0.1) is 5.92 Å². The molecule has 0 aromatic carbocycles. The van der Waals surface area contributed by atoms with E-state index < -0.39 is 0 Å². The Kier molecular flexibility index (Phi) is 6.27. The van der Waals surface area contributed by atoms with E-state index >= 15 is 0 Å². The molecule has 0 radical (unpaired) electrons. The second-order valence-electron chi connectivity index (χ2n) is 5.74. The predicted molar refractivity (Wildman–Crippen MR) is 82.9 cm³/mol. The maximum atomic E-state index is 5.54. The highest BCUT2D eigenvalue weighted by Gasteiger charge is 2.16. The minimum Gasteiger partial charge on any atom is -0.385 e. The fourth-order valence-electron chi connectivity index (χ4n) is 2.68. The van der Waals surface area contributed by atoms with Crippen molar-refractivity contribution in [2.24, 2.45) is 5.92 Å². The summed E-state index contributed by atoms with van der Waals surface area (Å²) in [4.78, 5) is 6.82. The molecule has 0 saturated carbocycles. The number of hydrogen-bond acceptors (Lipinski definition) is 4. The predicted octanol–water partition coefficient (Wildman–Crippen LogP) is 2.76. The lowest BCUT2D eigenvalue weighted by Gasteiger charge is -2.26. The number of anilines is 1. The summed E-state index contributed by atoms with van der Waals surface area (Å²) in [6.07, 6.45) is 5.52. The summed E-state index contributed by atoms with van der Waals surface area (Å²) in [5, 5.41) is 3.41. The van der Waals surface area contributed by atoms with E-state index in [-0.39, 0.29) is 0 Å². The van der Waals surface area contributed by atoms with Crippen LogP contribution in [0.2, 0.25) is 0 Å². The van der Waals surface area contributed by atoms with Crippen LogP contribution in [0.1, 0.15) is 31.9 Å². The van der Waals surface area contributed by atoms with Crippen LogP contribution in [0.15, 0.2) is 18.3 Å². The first kappa shape index (κ1) is 15.3. The van der Waals surface area contributed by atoms with Crippen LogP contribution in [-0.2, 0) is 11.3 Å². The van der Waals surface area contributed by atoms with Gasteiger partial charge in [0, 0.05) is 38.1 Å². The Labute approximate surface area is 122 Å². The second-order valence-corrected chi connectivity index (χ2v) is 5.74. The number of pyridine rings is 1. The minimum atomic E-state index is 0.676. The monoisotopic (exact) mass is 277 g/mol. The van der Waals surface area contributed by atoms with Gasteiger partial charge in [0.05, 0.1) is 12.3 Å². The molecule has 1 aliphatic rings. The summed E-state index contributed by atoms with van der Waals surface area (Å²) in [7, 11) is 2.17. The summed E-state index contributed by atoms with van der Waals surface area (Å²) < 4.78 is 5.54. The summed E-state index contributed by atoms with van der Waals surface area (Å²) in [5.41, 5.74) is 2.30. The second kappa shape index (κ2) is 8.22. The topological polar surface area (TPSA) is 37.4 Å². The molecule has 0 amide bonds. The van der Waals surface area contributed by atoms with E-state index in [4.69, 9.17) is 4.74 Å². The smallest absolute Gasteiger partial charge is 0.0564 e. The molecule has 4 heteroatoms. The van der Waals surface area contributed by atoms with E-state index in [2.05, 4.69) is 35.2 Å². The highest BCUT2D eigenvalue weighted by molar-refractivity contribution is 5.43. The maximum absolute atomic E-state index is 5.54. The van der Waals surface area contributed by atoms with E-state index in [1.54, 1.807) is 0 Å². The number of rotatable bonds is 7. The molecule has 1 aromatic heterocycles. The van der Waals surface area contributed by atoms with Gasteiger partial charge in [0.1, 0.15) is 0 Å². The van der Waals surface area contributed by atoms with Crippen LogP contribution in [0.25, 0.3) is 0 Å². The zero-order valence-electron chi connectivity index (χ0n) is 12.8. The quantitative estimate of drug-likeness (QED) is 0.831.